The van der Waals surface area contributed by atoms with Crippen molar-refractivity contribution in [2.75, 3.05) is 19.6 Å². The Kier molecular flexibility index (Phi) is 6.63. The third kappa shape index (κ3) is 6.36. The standard InChI is InChI=1S/C10H23N/c1-5-8-11(6-2)9-7-10(3)4/h10H,5-9H2,1-4H3. The number of nitrogens with zero attached hydrogens (tertiary/aromatic N) is 1. The fourth-order valence-electron chi connectivity index (χ4n) is 1.19. The largest absolute Gasteiger partial charge is 0.304 e. The van der Waals surface area contributed by atoms with E-state index >= 15 is 0 Å². The predicted octanol–water partition coefficient (Wildman–Crippen LogP) is 2.76. The fraction of sp³-hybridized carbons (Fsp3) is 1.00. The molecule has 0 amide bonds. The Morgan fingerprint density at radius 3 is 2.09 bits per heavy atom. The summed E-state index contributed by atoms with van der Waals surface area (Å²) >= 11 is 0. The van der Waals surface area contributed by atoms with Crippen molar-refractivity contribution in [3.05, 3.63) is 0 Å². The first-order chi connectivity index (χ1) is 5.20. The molecule has 0 atom stereocenters. The fourth-order valence-corrected chi connectivity index (χ4v) is 1.19. The Balaban J connectivity index is 3.35. The maximum atomic E-state index is 2.53. The van der Waals surface area contributed by atoms with Gasteiger partial charge in [-0.25, -0.2) is 0 Å². The number of hydrogen-bond acceptors (Lipinski definition) is 1. The molecule has 0 rings (SSSR count). The Hall–Kier alpha value is -0.0400. The van der Waals surface area contributed by atoms with Crippen LogP contribution in [0.3, 0.4) is 0 Å². The van der Waals surface area contributed by atoms with Crippen LogP contribution in [-0.4, -0.2) is 24.5 Å². The van der Waals surface area contributed by atoms with Gasteiger partial charge >= 0.3 is 0 Å². The van der Waals surface area contributed by atoms with Gasteiger partial charge < -0.3 is 4.90 Å². The van der Waals surface area contributed by atoms with E-state index < -0.39 is 0 Å². The zero-order valence-corrected chi connectivity index (χ0v) is 8.56. The topological polar surface area (TPSA) is 3.24 Å². The van der Waals surface area contributed by atoms with Gasteiger partial charge in [0.15, 0.2) is 0 Å². The van der Waals surface area contributed by atoms with Crippen molar-refractivity contribution in [3.63, 3.8) is 0 Å². The summed E-state index contributed by atoms with van der Waals surface area (Å²) < 4.78 is 0. The average molecular weight is 157 g/mol. The van der Waals surface area contributed by atoms with E-state index in [1.54, 1.807) is 0 Å². The number of rotatable bonds is 6. The maximum absolute atomic E-state index is 2.53. The summed E-state index contributed by atoms with van der Waals surface area (Å²) in [5.74, 6) is 0.848. The molecule has 0 radical (unpaired) electrons. The highest BCUT2D eigenvalue weighted by molar-refractivity contribution is 4.55. The summed E-state index contributed by atoms with van der Waals surface area (Å²) in [7, 11) is 0. The molecule has 0 N–H and O–H groups in total. The molecule has 68 valence electrons. The van der Waals surface area contributed by atoms with Crippen LogP contribution in [0.4, 0.5) is 0 Å². The molecule has 0 heterocycles. The number of hydrogen-bond donors (Lipinski definition) is 0. The molecule has 0 spiro atoms. The quantitative estimate of drug-likeness (QED) is 0.573. The summed E-state index contributed by atoms with van der Waals surface area (Å²) in [6, 6.07) is 0. The van der Waals surface area contributed by atoms with Crippen LogP contribution in [0.25, 0.3) is 0 Å². The zero-order valence-electron chi connectivity index (χ0n) is 8.56. The second-order valence-electron chi connectivity index (χ2n) is 3.62. The molecule has 0 saturated heterocycles. The summed E-state index contributed by atoms with van der Waals surface area (Å²) in [6.45, 7) is 12.8. The minimum atomic E-state index is 0.848. The van der Waals surface area contributed by atoms with E-state index in [-0.39, 0.29) is 0 Å². The van der Waals surface area contributed by atoms with Crippen molar-refractivity contribution >= 4 is 0 Å². The minimum absolute atomic E-state index is 0.848. The van der Waals surface area contributed by atoms with E-state index in [1.165, 1.54) is 32.5 Å². The lowest BCUT2D eigenvalue weighted by Gasteiger charge is -2.20. The van der Waals surface area contributed by atoms with E-state index in [0.29, 0.717) is 0 Å². The second kappa shape index (κ2) is 6.66. The van der Waals surface area contributed by atoms with Crippen LogP contribution in [-0.2, 0) is 0 Å². The summed E-state index contributed by atoms with van der Waals surface area (Å²) in [5.41, 5.74) is 0. The van der Waals surface area contributed by atoms with Crippen molar-refractivity contribution in [1.82, 2.24) is 4.90 Å². The summed E-state index contributed by atoms with van der Waals surface area (Å²) in [6.07, 6.45) is 2.62. The van der Waals surface area contributed by atoms with Gasteiger partial charge in [0.25, 0.3) is 0 Å². The molecule has 0 aliphatic rings. The summed E-state index contributed by atoms with van der Waals surface area (Å²) in [5, 5.41) is 0. The van der Waals surface area contributed by atoms with Crippen LogP contribution in [0, 0.1) is 5.92 Å². The highest BCUT2D eigenvalue weighted by Crippen LogP contribution is 2.01. The molecular weight excluding hydrogens is 134 g/mol. The van der Waals surface area contributed by atoms with Crippen LogP contribution in [0.1, 0.15) is 40.5 Å². The minimum Gasteiger partial charge on any atom is -0.304 e. The van der Waals surface area contributed by atoms with Crippen molar-refractivity contribution in [2.24, 2.45) is 5.92 Å². The Labute approximate surface area is 71.8 Å². The first kappa shape index (κ1) is 11.0. The molecule has 0 aromatic carbocycles. The molecule has 0 aromatic heterocycles. The molecule has 0 bridgehead atoms. The van der Waals surface area contributed by atoms with E-state index in [2.05, 4.69) is 32.6 Å². The van der Waals surface area contributed by atoms with Crippen molar-refractivity contribution < 1.29 is 0 Å². The normalized spacial score (nSPS) is 11.5. The smallest absolute Gasteiger partial charge is 0.00164 e. The Morgan fingerprint density at radius 1 is 1.09 bits per heavy atom. The molecule has 1 nitrogen and oxygen atoms in total. The lowest BCUT2D eigenvalue weighted by Crippen LogP contribution is -2.26. The van der Waals surface area contributed by atoms with Gasteiger partial charge in [0, 0.05) is 0 Å². The van der Waals surface area contributed by atoms with E-state index in [1.807, 2.05) is 0 Å². The van der Waals surface area contributed by atoms with Crippen molar-refractivity contribution in [2.45, 2.75) is 40.5 Å². The Morgan fingerprint density at radius 2 is 1.73 bits per heavy atom. The first-order valence-electron chi connectivity index (χ1n) is 4.93. The van der Waals surface area contributed by atoms with Gasteiger partial charge in [-0.05, 0) is 38.4 Å². The van der Waals surface area contributed by atoms with Crippen molar-refractivity contribution in [3.8, 4) is 0 Å². The van der Waals surface area contributed by atoms with Gasteiger partial charge in [-0.3, -0.25) is 0 Å². The molecule has 0 fully saturated rings. The molecule has 0 saturated carbocycles. The highest BCUT2D eigenvalue weighted by atomic mass is 15.1. The average Bonchev–Trinajstić information content (AvgIpc) is 1.97. The molecule has 0 unspecified atom stereocenters. The van der Waals surface area contributed by atoms with E-state index in [0.717, 1.165) is 5.92 Å². The first-order valence-corrected chi connectivity index (χ1v) is 4.93. The van der Waals surface area contributed by atoms with Gasteiger partial charge in [0.05, 0.1) is 0 Å². The maximum Gasteiger partial charge on any atom is -0.00164 e. The molecular formula is C10H23N. The molecule has 0 aromatic rings. The van der Waals surface area contributed by atoms with E-state index in [4.69, 9.17) is 0 Å². The molecule has 0 aliphatic heterocycles. The van der Waals surface area contributed by atoms with Gasteiger partial charge in [0.2, 0.25) is 0 Å². The SMILES string of the molecule is CCCN(CC)CCC(C)C. The van der Waals surface area contributed by atoms with Crippen LogP contribution in [0.2, 0.25) is 0 Å². The zero-order chi connectivity index (χ0) is 8.69. The molecule has 1 heteroatoms. The van der Waals surface area contributed by atoms with Gasteiger partial charge in [-0.15, -0.1) is 0 Å². The van der Waals surface area contributed by atoms with Crippen LogP contribution in [0.5, 0.6) is 0 Å². The summed E-state index contributed by atoms with van der Waals surface area (Å²) in [4.78, 5) is 2.53. The monoisotopic (exact) mass is 157 g/mol. The van der Waals surface area contributed by atoms with Crippen LogP contribution >= 0.6 is 0 Å². The van der Waals surface area contributed by atoms with Gasteiger partial charge in [-0.1, -0.05) is 27.7 Å². The highest BCUT2D eigenvalue weighted by Gasteiger charge is 2.01. The third-order valence-electron chi connectivity index (χ3n) is 2.01. The van der Waals surface area contributed by atoms with Gasteiger partial charge in [-0.2, -0.15) is 0 Å². The molecule has 0 aliphatic carbocycles. The van der Waals surface area contributed by atoms with Crippen LogP contribution in [0.15, 0.2) is 0 Å². The second-order valence-corrected chi connectivity index (χ2v) is 3.62. The van der Waals surface area contributed by atoms with Crippen LogP contribution < -0.4 is 0 Å². The van der Waals surface area contributed by atoms with E-state index in [9.17, 15) is 0 Å². The van der Waals surface area contributed by atoms with Gasteiger partial charge in [0.1, 0.15) is 0 Å². The Bertz CT molecular complexity index is 78.9. The molecule has 11 heavy (non-hydrogen) atoms. The third-order valence-corrected chi connectivity index (χ3v) is 2.01. The lowest BCUT2D eigenvalue weighted by molar-refractivity contribution is 0.271. The van der Waals surface area contributed by atoms with Crippen molar-refractivity contribution in [1.29, 1.82) is 0 Å². The predicted molar refractivity (Wildman–Crippen MR) is 51.9 cm³/mol. The lowest BCUT2D eigenvalue weighted by atomic mass is 10.1.